The lowest BCUT2D eigenvalue weighted by molar-refractivity contribution is 0.220. The minimum absolute atomic E-state index is 0.431. The van der Waals surface area contributed by atoms with Gasteiger partial charge in [0, 0.05) is 11.8 Å². The van der Waals surface area contributed by atoms with Crippen molar-refractivity contribution in [3.63, 3.8) is 0 Å². The maximum absolute atomic E-state index is 12.1. The van der Waals surface area contributed by atoms with Gasteiger partial charge in [-0.2, -0.15) is 11.8 Å². The minimum atomic E-state index is -2.86. The summed E-state index contributed by atoms with van der Waals surface area (Å²) in [5.74, 6) is 0. The summed E-state index contributed by atoms with van der Waals surface area (Å²) in [6.07, 6.45) is 3.68. The lowest BCUT2D eigenvalue weighted by Crippen LogP contribution is -2.22. The molecule has 0 fully saturated rings. The third-order valence-electron chi connectivity index (χ3n) is 2.34. The monoisotopic (exact) mass is 283 g/mol. The normalized spacial score (nSPS) is 13.9. The van der Waals surface area contributed by atoms with E-state index in [0.29, 0.717) is 31.2 Å². The van der Waals surface area contributed by atoms with Crippen LogP contribution >= 0.6 is 19.4 Å². The van der Waals surface area contributed by atoms with E-state index in [1.807, 2.05) is 25.6 Å². The van der Waals surface area contributed by atoms with Gasteiger partial charge < -0.3 is 14.4 Å². The molecule has 0 bridgehead atoms. The first kappa shape index (κ1) is 17.5. The Labute approximate surface area is 110 Å². The van der Waals surface area contributed by atoms with Gasteiger partial charge in [-0.3, -0.25) is 4.57 Å². The molecule has 0 heterocycles. The van der Waals surface area contributed by atoms with Gasteiger partial charge in [0.2, 0.25) is 0 Å². The predicted molar refractivity (Wildman–Crippen MR) is 76.2 cm³/mol. The third kappa shape index (κ3) is 9.09. The Hall–Kier alpha value is 0.460. The van der Waals surface area contributed by atoms with Gasteiger partial charge in [0.1, 0.15) is 0 Å². The van der Waals surface area contributed by atoms with Crippen LogP contribution in [0.2, 0.25) is 0 Å². The lowest BCUT2D eigenvalue weighted by Gasteiger charge is -2.17. The summed E-state index contributed by atoms with van der Waals surface area (Å²) in [5, 5.41) is 3.94. The van der Waals surface area contributed by atoms with Crippen molar-refractivity contribution in [1.82, 2.24) is 5.32 Å². The van der Waals surface area contributed by atoms with Gasteiger partial charge >= 0.3 is 7.60 Å². The van der Waals surface area contributed by atoms with Crippen molar-refractivity contribution in [1.29, 1.82) is 0 Å². The number of hydrogen-bond acceptors (Lipinski definition) is 5. The molecule has 0 spiro atoms. The van der Waals surface area contributed by atoms with Crippen LogP contribution < -0.4 is 5.32 Å². The topological polar surface area (TPSA) is 47.6 Å². The molecule has 0 aromatic heterocycles. The van der Waals surface area contributed by atoms with Gasteiger partial charge in [0.25, 0.3) is 0 Å². The van der Waals surface area contributed by atoms with Gasteiger partial charge in [-0.05, 0) is 33.1 Å². The minimum Gasteiger partial charge on any atom is -0.316 e. The zero-order chi connectivity index (χ0) is 13.1. The van der Waals surface area contributed by atoms with E-state index < -0.39 is 7.60 Å². The van der Waals surface area contributed by atoms with Gasteiger partial charge in [-0.25, -0.2) is 0 Å². The Balaban J connectivity index is 3.72. The van der Waals surface area contributed by atoms with Gasteiger partial charge in [-0.1, -0.05) is 6.92 Å². The molecule has 0 aromatic carbocycles. The maximum Gasteiger partial charge on any atom is 0.331 e. The largest absolute Gasteiger partial charge is 0.331 e. The van der Waals surface area contributed by atoms with Crippen LogP contribution in [0.15, 0.2) is 0 Å². The summed E-state index contributed by atoms with van der Waals surface area (Å²) in [4.78, 5) is 0. The first-order valence-electron chi connectivity index (χ1n) is 6.19. The molecule has 104 valence electrons. The van der Waals surface area contributed by atoms with E-state index in [2.05, 4.69) is 18.5 Å². The maximum atomic E-state index is 12.1. The number of nitrogens with one attached hydrogen (secondary N) is 1. The molecule has 0 aliphatic heterocycles. The van der Waals surface area contributed by atoms with Crippen molar-refractivity contribution >= 4 is 19.4 Å². The SMILES string of the molecule is CCOP(=O)(CCNCCC(C)SC)OCC. The van der Waals surface area contributed by atoms with Crippen LogP contribution in [0.4, 0.5) is 0 Å². The molecule has 0 aliphatic carbocycles. The number of hydrogen-bond donors (Lipinski definition) is 1. The lowest BCUT2D eigenvalue weighted by atomic mass is 10.3. The summed E-state index contributed by atoms with van der Waals surface area (Å²) >= 11 is 1.86. The summed E-state index contributed by atoms with van der Waals surface area (Å²) in [5.41, 5.74) is 0. The smallest absolute Gasteiger partial charge is 0.316 e. The Kier molecular flexibility index (Phi) is 10.7. The highest BCUT2D eigenvalue weighted by atomic mass is 32.2. The first-order valence-corrected chi connectivity index (χ1v) is 9.21. The third-order valence-corrected chi connectivity index (χ3v) is 5.46. The molecule has 6 heteroatoms. The molecule has 0 amide bonds. The first-order chi connectivity index (χ1) is 8.08. The highest BCUT2D eigenvalue weighted by molar-refractivity contribution is 7.99. The van der Waals surface area contributed by atoms with Crippen molar-refractivity contribution in [2.45, 2.75) is 32.4 Å². The highest BCUT2D eigenvalue weighted by Gasteiger charge is 2.22. The highest BCUT2D eigenvalue weighted by Crippen LogP contribution is 2.47. The Morgan fingerprint density at radius 3 is 2.29 bits per heavy atom. The molecule has 0 saturated carbocycles. The zero-order valence-corrected chi connectivity index (χ0v) is 13.1. The zero-order valence-electron chi connectivity index (χ0n) is 11.4. The molecule has 0 rings (SSSR count). The van der Waals surface area contributed by atoms with Crippen LogP contribution in [-0.2, 0) is 13.6 Å². The Morgan fingerprint density at radius 1 is 1.24 bits per heavy atom. The van der Waals surface area contributed by atoms with Crippen LogP contribution in [0, 0.1) is 0 Å². The number of thioether (sulfide) groups is 1. The molecule has 1 atom stereocenters. The van der Waals surface area contributed by atoms with Crippen molar-refractivity contribution in [3.8, 4) is 0 Å². The van der Waals surface area contributed by atoms with Crippen molar-refractivity contribution in [3.05, 3.63) is 0 Å². The molecule has 17 heavy (non-hydrogen) atoms. The molecule has 1 N–H and O–H groups in total. The molecule has 4 nitrogen and oxygen atoms in total. The van der Waals surface area contributed by atoms with Gasteiger partial charge in [0.05, 0.1) is 19.4 Å². The second-order valence-corrected chi connectivity index (χ2v) is 7.22. The van der Waals surface area contributed by atoms with Crippen LogP contribution in [0.5, 0.6) is 0 Å². The second kappa shape index (κ2) is 10.4. The van der Waals surface area contributed by atoms with E-state index in [0.717, 1.165) is 13.0 Å². The van der Waals surface area contributed by atoms with Crippen LogP contribution in [0.1, 0.15) is 27.2 Å². The average Bonchev–Trinajstić information content (AvgIpc) is 2.29. The molecule has 0 saturated heterocycles. The van der Waals surface area contributed by atoms with Crippen molar-refractivity contribution < 1.29 is 13.6 Å². The van der Waals surface area contributed by atoms with E-state index in [4.69, 9.17) is 9.05 Å². The fraction of sp³-hybridized carbons (Fsp3) is 1.00. The summed E-state index contributed by atoms with van der Waals surface area (Å²) in [6, 6.07) is 0. The quantitative estimate of drug-likeness (QED) is 0.466. The standard InChI is InChI=1S/C11H26NO3PS/c1-5-14-16(13,15-6-2)10-9-12-8-7-11(3)17-4/h11-12H,5-10H2,1-4H3. The van der Waals surface area contributed by atoms with Crippen LogP contribution in [-0.4, -0.2) is 44.0 Å². The van der Waals surface area contributed by atoms with Crippen LogP contribution in [0.25, 0.3) is 0 Å². The molecular formula is C11H26NO3PS. The molecule has 0 aromatic rings. The summed E-state index contributed by atoms with van der Waals surface area (Å²) in [6.45, 7) is 8.36. The second-order valence-electron chi connectivity index (χ2n) is 3.76. The summed E-state index contributed by atoms with van der Waals surface area (Å²) < 4.78 is 22.5. The molecule has 0 aliphatic rings. The average molecular weight is 283 g/mol. The fourth-order valence-electron chi connectivity index (χ4n) is 1.32. The van der Waals surface area contributed by atoms with E-state index in [1.54, 1.807) is 0 Å². The fourth-order valence-corrected chi connectivity index (χ4v) is 3.23. The van der Waals surface area contributed by atoms with E-state index in [-0.39, 0.29) is 0 Å². The van der Waals surface area contributed by atoms with E-state index >= 15 is 0 Å². The van der Waals surface area contributed by atoms with Gasteiger partial charge in [-0.15, -0.1) is 0 Å². The molecule has 0 radical (unpaired) electrons. The number of rotatable bonds is 11. The molecular weight excluding hydrogens is 257 g/mol. The van der Waals surface area contributed by atoms with E-state index in [1.165, 1.54) is 0 Å². The van der Waals surface area contributed by atoms with Crippen molar-refractivity contribution in [2.24, 2.45) is 0 Å². The molecule has 1 unspecified atom stereocenters. The predicted octanol–water partition coefficient (Wildman–Crippen LogP) is 2.98. The Morgan fingerprint density at radius 2 is 1.82 bits per heavy atom. The summed E-state index contributed by atoms with van der Waals surface area (Å²) in [7, 11) is -2.86. The van der Waals surface area contributed by atoms with Gasteiger partial charge in [0.15, 0.2) is 0 Å². The Bertz CT molecular complexity index is 219. The van der Waals surface area contributed by atoms with Crippen molar-refractivity contribution in [2.75, 3.05) is 38.7 Å². The van der Waals surface area contributed by atoms with Crippen LogP contribution in [0.3, 0.4) is 0 Å². The van der Waals surface area contributed by atoms with E-state index in [9.17, 15) is 4.57 Å².